The molecule has 7 nitrogen and oxygen atoms in total. The fourth-order valence-corrected chi connectivity index (χ4v) is 3.26. The zero-order valence-electron chi connectivity index (χ0n) is 15.9. The topological polar surface area (TPSA) is 91.0 Å². The lowest BCUT2D eigenvalue weighted by Crippen LogP contribution is -2.42. The zero-order valence-corrected chi connectivity index (χ0v) is 15.9. The molecule has 10 heteroatoms. The minimum Gasteiger partial charge on any atom is -0.373 e. The molecule has 156 valence electrons. The normalized spacial score (nSPS) is 19.3. The smallest absolute Gasteiger partial charge is 0.373 e. The third kappa shape index (κ3) is 5.97. The minimum absolute atomic E-state index is 0.0385. The highest BCUT2D eigenvalue weighted by Crippen LogP contribution is 2.30. The van der Waals surface area contributed by atoms with E-state index in [0.29, 0.717) is 5.95 Å². The number of carbonyl (C=O) groups is 1. The molecule has 0 spiro atoms. The summed E-state index contributed by atoms with van der Waals surface area (Å²) in [6.45, 7) is 0. The van der Waals surface area contributed by atoms with Crippen LogP contribution in [-0.2, 0) is 6.18 Å². The largest absolute Gasteiger partial charge is 0.416 e. The van der Waals surface area contributed by atoms with Crippen LogP contribution in [-0.4, -0.2) is 35.1 Å². The van der Waals surface area contributed by atoms with Gasteiger partial charge in [-0.05, 0) is 49.9 Å². The van der Waals surface area contributed by atoms with E-state index in [-0.39, 0.29) is 17.8 Å². The Hall–Kier alpha value is -3.04. The highest BCUT2D eigenvalue weighted by Gasteiger charge is 2.30. The molecule has 2 aromatic rings. The molecule has 1 aromatic heterocycles. The molecule has 1 aliphatic carbocycles. The second-order valence-electron chi connectivity index (χ2n) is 6.89. The van der Waals surface area contributed by atoms with Gasteiger partial charge in [-0.15, -0.1) is 0 Å². The molecular weight excluding hydrogens is 385 g/mol. The van der Waals surface area contributed by atoms with Crippen LogP contribution >= 0.6 is 0 Å². The maximum absolute atomic E-state index is 12.8. The first-order chi connectivity index (χ1) is 13.8. The number of nitrogens with zero attached hydrogens (tertiary/aromatic N) is 2. The summed E-state index contributed by atoms with van der Waals surface area (Å²) < 4.78 is 38.3. The molecular formula is C19H23F3N6O. The van der Waals surface area contributed by atoms with Crippen molar-refractivity contribution >= 4 is 23.5 Å². The second kappa shape index (κ2) is 8.97. The van der Waals surface area contributed by atoms with E-state index in [1.807, 2.05) is 0 Å². The first-order valence-corrected chi connectivity index (χ1v) is 9.35. The number of nitrogens with one attached hydrogen (secondary N) is 4. The van der Waals surface area contributed by atoms with Crippen LogP contribution in [0.15, 0.2) is 36.5 Å². The number of aromatic nitrogens is 2. The van der Waals surface area contributed by atoms with E-state index in [4.69, 9.17) is 0 Å². The molecule has 0 atom stereocenters. The van der Waals surface area contributed by atoms with Crippen LogP contribution in [0.3, 0.4) is 0 Å². The van der Waals surface area contributed by atoms with Crippen LogP contribution in [0.4, 0.5) is 35.4 Å². The van der Waals surface area contributed by atoms with Gasteiger partial charge in [-0.1, -0.05) is 6.07 Å². The van der Waals surface area contributed by atoms with E-state index in [0.717, 1.165) is 43.6 Å². The van der Waals surface area contributed by atoms with E-state index in [2.05, 4.69) is 31.2 Å². The van der Waals surface area contributed by atoms with Crippen molar-refractivity contribution in [3.05, 3.63) is 42.1 Å². The Morgan fingerprint density at radius 1 is 1.10 bits per heavy atom. The molecule has 1 aromatic carbocycles. The predicted octanol–water partition coefficient (Wildman–Crippen LogP) is 4.08. The average Bonchev–Trinajstić information content (AvgIpc) is 2.69. The van der Waals surface area contributed by atoms with Gasteiger partial charge in [0.05, 0.1) is 5.56 Å². The molecule has 0 saturated heterocycles. The van der Waals surface area contributed by atoms with E-state index in [9.17, 15) is 18.0 Å². The number of carbonyl (C=O) groups excluding carboxylic acids is 1. The lowest BCUT2D eigenvalue weighted by Gasteiger charge is -2.29. The summed E-state index contributed by atoms with van der Waals surface area (Å²) in [5.41, 5.74) is -0.694. The minimum atomic E-state index is -4.45. The third-order valence-electron chi connectivity index (χ3n) is 4.76. The van der Waals surface area contributed by atoms with E-state index >= 15 is 0 Å². The van der Waals surface area contributed by atoms with Gasteiger partial charge in [0, 0.05) is 31.0 Å². The number of benzene rings is 1. The van der Waals surface area contributed by atoms with Crippen LogP contribution in [0.25, 0.3) is 0 Å². The van der Waals surface area contributed by atoms with Crippen molar-refractivity contribution in [2.45, 2.75) is 43.9 Å². The summed E-state index contributed by atoms with van der Waals surface area (Å²) in [5, 5.41) is 11.6. The monoisotopic (exact) mass is 408 g/mol. The number of hydrogen-bond acceptors (Lipinski definition) is 5. The molecule has 29 heavy (non-hydrogen) atoms. The molecule has 1 heterocycles. The fourth-order valence-electron chi connectivity index (χ4n) is 3.26. The lowest BCUT2D eigenvalue weighted by molar-refractivity contribution is -0.137. The van der Waals surface area contributed by atoms with Crippen LogP contribution in [0.1, 0.15) is 31.2 Å². The van der Waals surface area contributed by atoms with Crippen molar-refractivity contribution in [1.29, 1.82) is 0 Å². The second-order valence-corrected chi connectivity index (χ2v) is 6.89. The summed E-state index contributed by atoms with van der Waals surface area (Å²) in [7, 11) is 1.79. The highest BCUT2D eigenvalue weighted by atomic mass is 19.4. The van der Waals surface area contributed by atoms with Gasteiger partial charge >= 0.3 is 12.2 Å². The van der Waals surface area contributed by atoms with Gasteiger partial charge in [0.25, 0.3) is 0 Å². The first kappa shape index (κ1) is 20.7. The summed E-state index contributed by atoms with van der Waals surface area (Å²) in [4.78, 5) is 20.7. The van der Waals surface area contributed by atoms with Gasteiger partial charge in [-0.25, -0.2) is 9.78 Å². The Kier molecular flexibility index (Phi) is 6.40. The number of hydrogen-bond donors (Lipinski definition) is 4. The molecule has 0 unspecified atom stereocenters. The van der Waals surface area contributed by atoms with Gasteiger partial charge < -0.3 is 21.3 Å². The van der Waals surface area contributed by atoms with E-state index in [1.165, 1.54) is 12.1 Å². The summed E-state index contributed by atoms with van der Waals surface area (Å²) in [5.74, 6) is 1.28. The summed E-state index contributed by atoms with van der Waals surface area (Å²) in [6, 6.07) is 6.00. The average molecular weight is 408 g/mol. The Bertz CT molecular complexity index is 837. The Morgan fingerprint density at radius 3 is 2.52 bits per heavy atom. The SMILES string of the molecule is CNc1ccnc(N[C@H]2CC[C@@H](NC(=O)Nc3cccc(C(F)(F)F)c3)CC2)n1. The summed E-state index contributed by atoms with van der Waals surface area (Å²) >= 11 is 0. The van der Waals surface area contributed by atoms with Gasteiger partial charge in [0.2, 0.25) is 5.95 Å². The Balaban J connectivity index is 1.46. The Labute approximate surface area is 166 Å². The van der Waals surface area contributed by atoms with Crippen LogP contribution in [0.2, 0.25) is 0 Å². The molecule has 2 amide bonds. The van der Waals surface area contributed by atoms with Gasteiger partial charge in [-0.3, -0.25) is 0 Å². The first-order valence-electron chi connectivity index (χ1n) is 9.35. The van der Waals surface area contributed by atoms with Crippen molar-refractivity contribution in [3.8, 4) is 0 Å². The van der Waals surface area contributed by atoms with Crippen molar-refractivity contribution < 1.29 is 18.0 Å². The standard InChI is InChI=1S/C19H23F3N6O/c1-23-16-9-10-24-17(28-16)25-13-5-7-14(8-6-13)26-18(29)27-15-4-2-3-12(11-15)19(20,21)22/h2-4,9-11,13-14H,5-8H2,1H3,(H2,26,27,29)(H2,23,24,25,28)/t13-,14+. The number of halogens is 3. The van der Waals surface area contributed by atoms with Crippen molar-refractivity contribution in [3.63, 3.8) is 0 Å². The van der Waals surface area contributed by atoms with Gasteiger partial charge in [0.1, 0.15) is 5.82 Å². The van der Waals surface area contributed by atoms with Crippen molar-refractivity contribution in [2.75, 3.05) is 23.0 Å². The number of amides is 2. The zero-order chi connectivity index (χ0) is 20.9. The van der Waals surface area contributed by atoms with Gasteiger partial charge in [-0.2, -0.15) is 18.2 Å². The predicted molar refractivity (Wildman–Crippen MR) is 105 cm³/mol. The van der Waals surface area contributed by atoms with Crippen LogP contribution in [0.5, 0.6) is 0 Å². The van der Waals surface area contributed by atoms with Crippen molar-refractivity contribution in [1.82, 2.24) is 15.3 Å². The number of rotatable bonds is 5. The third-order valence-corrected chi connectivity index (χ3v) is 4.76. The lowest BCUT2D eigenvalue weighted by atomic mass is 9.91. The number of alkyl halides is 3. The number of anilines is 3. The molecule has 0 radical (unpaired) electrons. The van der Waals surface area contributed by atoms with Crippen molar-refractivity contribution in [2.24, 2.45) is 0 Å². The molecule has 1 fully saturated rings. The van der Waals surface area contributed by atoms with E-state index in [1.54, 1.807) is 19.3 Å². The molecule has 3 rings (SSSR count). The molecule has 1 saturated carbocycles. The maximum Gasteiger partial charge on any atom is 0.416 e. The van der Waals surface area contributed by atoms with Crippen LogP contribution in [0, 0.1) is 0 Å². The highest BCUT2D eigenvalue weighted by molar-refractivity contribution is 5.89. The summed E-state index contributed by atoms with van der Waals surface area (Å²) in [6.07, 6.45) is 0.366. The Morgan fingerprint density at radius 2 is 1.83 bits per heavy atom. The number of urea groups is 1. The van der Waals surface area contributed by atoms with Gasteiger partial charge in [0.15, 0.2) is 0 Å². The molecule has 4 N–H and O–H groups in total. The van der Waals surface area contributed by atoms with E-state index < -0.39 is 17.8 Å². The fraction of sp³-hybridized carbons (Fsp3) is 0.421. The molecule has 0 aliphatic heterocycles. The molecule has 0 bridgehead atoms. The molecule has 1 aliphatic rings. The maximum atomic E-state index is 12.8. The van der Waals surface area contributed by atoms with Crippen LogP contribution < -0.4 is 21.3 Å². The quantitative estimate of drug-likeness (QED) is 0.599.